The minimum Gasteiger partial charge on any atom is -0.378 e. The normalized spacial score (nSPS) is 20.7. The summed E-state index contributed by atoms with van der Waals surface area (Å²) in [4.78, 5) is 0. The molecule has 0 radical (unpaired) electrons. The molecule has 2 heteroatoms. The number of benzene rings is 1. The predicted octanol–water partition coefficient (Wildman–Crippen LogP) is 5.05. The van der Waals surface area contributed by atoms with Gasteiger partial charge in [-0.15, -0.1) is 11.6 Å². The van der Waals surface area contributed by atoms with Gasteiger partial charge in [-0.3, -0.25) is 0 Å². The smallest absolute Gasteiger partial charge is 0.0589 e. The lowest BCUT2D eigenvalue weighted by Gasteiger charge is -2.17. The number of halogens is 1. The zero-order valence-corrected chi connectivity index (χ0v) is 12.9. The summed E-state index contributed by atoms with van der Waals surface area (Å²) in [6, 6.07) is 6.77. The van der Waals surface area contributed by atoms with Gasteiger partial charge < -0.3 is 4.74 Å². The van der Waals surface area contributed by atoms with E-state index in [1.165, 1.54) is 29.5 Å². The van der Waals surface area contributed by atoms with E-state index in [9.17, 15) is 0 Å². The summed E-state index contributed by atoms with van der Waals surface area (Å²) in [6.45, 7) is 5.33. The van der Waals surface area contributed by atoms with Crippen LogP contribution >= 0.6 is 11.6 Å². The molecular weight excluding hydrogens is 256 g/mol. The average molecular weight is 281 g/mol. The molecule has 106 valence electrons. The Bertz CT molecular complexity index is 396. The first kappa shape index (κ1) is 14.9. The van der Waals surface area contributed by atoms with Gasteiger partial charge in [-0.2, -0.15) is 0 Å². The average Bonchev–Trinajstić information content (AvgIpc) is 2.97. The van der Waals surface area contributed by atoms with E-state index in [4.69, 9.17) is 16.3 Å². The molecule has 2 unspecified atom stereocenters. The summed E-state index contributed by atoms with van der Waals surface area (Å²) in [5.74, 6) is 0. The molecule has 0 N–H and O–H groups in total. The van der Waals surface area contributed by atoms with Gasteiger partial charge in [0.05, 0.1) is 11.5 Å². The highest BCUT2D eigenvalue weighted by Crippen LogP contribution is 2.32. The van der Waals surface area contributed by atoms with E-state index < -0.39 is 0 Å². The zero-order valence-electron chi connectivity index (χ0n) is 12.1. The van der Waals surface area contributed by atoms with E-state index in [1.807, 2.05) is 0 Å². The molecule has 1 heterocycles. The molecule has 0 saturated carbocycles. The van der Waals surface area contributed by atoms with E-state index in [-0.39, 0.29) is 5.38 Å². The van der Waals surface area contributed by atoms with E-state index in [1.54, 1.807) is 0 Å². The Morgan fingerprint density at radius 3 is 2.79 bits per heavy atom. The Kier molecular flexibility index (Phi) is 5.72. The van der Waals surface area contributed by atoms with Gasteiger partial charge in [-0.25, -0.2) is 0 Å². The van der Waals surface area contributed by atoms with Gasteiger partial charge in [0.15, 0.2) is 0 Å². The number of hydrogen-bond donors (Lipinski definition) is 0. The van der Waals surface area contributed by atoms with Crippen LogP contribution < -0.4 is 0 Å². The number of rotatable bonds is 6. The number of ether oxygens (including phenoxy) is 1. The van der Waals surface area contributed by atoms with Crippen LogP contribution in [0.15, 0.2) is 18.2 Å². The summed E-state index contributed by atoms with van der Waals surface area (Å²) in [5, 5.41) is 0.130. The van der Waals surface area contributed by atoms with Crippen molar-refractivity contribution in [3.63, 3.8) is 0 Å². The second-order valence-corrected chi connectivity index (χ2v) is 5.95. The Balaban J connectivity index is 2.01. The van der Waals surface area contributed by atoms with Crippen LogP contribution in [0.2, 0.25) is 0 Å². The van der Waals surface area contributed by atoms with Gasteiger partial charge in [0.1, 0.15) is 0 Å². The topological polar surface area (TPSA) is 9.23 Å². The maximum atomic E-state index is 6.64. The van der Waals surface area contributed by atoms with Gasteiger partial charge >= 0.3 is 0 Å². The van der Waals surface area contributed by atoms with Gasteiger partial charge in [-0.1, -0.05) is 32.0 Å². The summed E-state index contributed by atoms with van der Waals surface area (Å²) < 4.78 is 5.68. The van der Waals surface area contributed by atoms with Crippen molar-refractivity contribution in [2.24, 2.45) is 0 Å². The van der Waals surface area contributed by atoms with E-state index >= 15 is 0 Å². The Labute approximate surface area is 122 Å². The standard InChI is InChI=1S/C17H25ClO/c1-3-13-7-8-14(4-2)16(12-13)17(18)10-9-15-6-5-11-19-15/h7-8,12,15,17H,3-6,9-11H2,1-2H3. The highest BCUT2D eigenvalue weighted by molar-refractivity contribution is 6.20. The molecule has 0 amide bonds. The van der Waals surface area contributed by atoms with Crippen molar-refractivity contribution in [3.05, 3.63) is 34.9 Å². The van der Waals surface area contributed by atoms with Gasteiger partial charge in [0.25, 0.3) is 0 Å². The van der Waals surface area contributed by atoms with Crippen LogP contribution in [-0.2, 0) is 17.6 Å². The lowest BCUT2D eigenvalue weighted by atomic mass is 9.95. The molecule has 0 aromatic heterocycles. The summed E-state index contributed by atoms with van der Waals surface area (Å²) in [7, 11) is 0. The summed E-state index contributed by atoms with van der Waals surface area (Å²) in [5.41, 5.74) is 4.11. The second-order valence-electron chi connectivity index (χ2n) is 5.42. The number of aryl methyl sites for hydroxylation is 2. The van der Waals surface area contributed by atoms with Crippen LogP contribution in [-0.4, -0.2) is 12.7 Å². The van der Waals surface area contributed by atoms with Crippen LogP contribution in [0.4, 0.5) is 0 Å². The third-order valence-electron chi connectivity index (χ3n) is 4.10. The molecule has 1 aromatic carbocycles. The largest absolute Gasteiger partial charge is 0.378 e. The highest BCUT2D eigenvalue weighted by Gasteiger charge is 2.19. The highest BCUT2D eigenvalue weighted by atomic mass is 35.5. The first-order chi connectivity index (χ1) is 9.24. The van der Waals surface area contributed by atoms with E-state index in [0.717, 1.165) is 32.3 Å². The van der Waals surface area contributed by atoms with Crippen LogP contribution in [0.5, 0.6) is 0 Å². The minimum absolute atomic E-state index is 0.130. The fourth-order valence-electron chi connectivity index (χ4n) is 2.84. The minimum atomic E-state index is 0.130. The van der Waals surface area contributed by atoms with Gasteiger partial charge in [-0.05, 0) is 55.2 Å². The van der Waals surface area contributed by atoms with Crippen molar-refractivity contribution in [2.45, 2.75) is 63.9 Å². The molecule has 0 bridgehead atoms. The predicted molar refractivity (Wildman–Crippen MR) is 82.0 cm³/mol. The van der Waals surface area contributed by atoms with E-state index in [0.29, 0.717) is 6.10 Å². The number of alkyl halides is 1. The lowest BCUT2D eigenvalue weighted by molar-refractivity contribution is 0.102. The molecule has 19 heavy (non-hydrogen) atoms. The number of hydrogen-bond acceptors (Lipinski definition) is 1. The van der Waals surface area contributed by atoms with Crippen molar-refractivity contribution in [1.29, 1.82) is 0 Å². The van der Waals surface area contributed by atoms with Crippen LogP contribution in [0.3, 0.4) is 0 Å². The second kappa shape index (κ2) is 7.31. The molecule has 1 aliphatic heterocycles. The molecule has 0 spiro atoms. The van der Waals surface area contributed by atoms with E-state index in [2.05, 4.69) is 32.0 Å². The molecule has 2 rings (SSSR count). The molecule has 1 aromatic rings. The Morgan fingerprint density at radius 2 is 2.16 bits per heavy atom. The lowest BCUT2D eigenvalue weighted by Crippen LogP contribution is -2.07. The maximum absolute atomic E-state index is 6.64. The molecule has 2 atom stereocenters. The monoisotopic (exact) mass is 280 g/mol. The summed E-state index contributed by atoms with van der Waals surface area (Å²) in [6.07, 6.45) is 7.11. The quantitative estimate of drug-likeness (QED) is 0.663. The van der Waals surface area contributed by atoms with Gasteiger partial charge in [0.2, 0.25) is 0 Å². The fraction of sp³-hybridized carbons (Fsp3) is 0.647. The van der Waals surface area contributed by atoms with Crippen LogP contribution in [0, 0.1) is 0 Å². The Morgan fingerprint density at radius 1 is 1.32 bits per heavy atom. The van der Waals surface area contributed by atoms with Crippen LogP contribution in [0.25, 0.3) is 0 Å². The first-order valence-corrected chi connectivity index (χ1v) is 8.05. The van der Waals surface area contributed by atoms with Crippen molar-refractivity contribution >= 4 is 11.6 Å². The maximum Gasteiger partial charge on any atom is 0.0589 e. The molecular formula is C17H25ClO. The molecule has 1 aliphatic rings. The zero-order chi connectivity index (χ0) is 13.7. The van der Waals surface area contributed by atoms with Crippen molar-refractivity contribution in [2.75, 3.05) is 6.61 Å². The van der Waals surface area contributed by atoms with Crippen molar-refractivity contribution in [3.8, 4) is 0 Å². The molecule has 0 aliphatic carbocycles. The van der Waals surface area contributed by atoms with Crippen molar-refractivity contribution < 1.29 is 4.74 Å². The van der Waals surface area contributed by atoms with Crippen molar-refractivity contribution in [1.82, 2.24) is 0 Å². The third-order valence-corrected chi connectivity index (χ3v) is 4.56. The van der Waals surface area contributed by atoms with Crippen LogP contribution in [0.1, 0.15) is 61.6 Å². The molecule has 1 nitrogen and oxygen atoms in total. The SMILES string of the molecule is CCc1ccc(CC)c(C(Cl)CCC2CCCO2)c1. The summed E-state index contributed by atoms with van der Waals surface area (Å²) >= 11 is 6.64. The molecule has 1 saturated heterocycles. The molecule has 1 fully saturated rings. The first-order valence-electron chi connectivity index (χ1n) is 7.62. The third kappa shape index (κ3) is 3.97. The fourth-order valence-corrected chi connectivity index (χ4v) is 3.17. The Hall–Kier alpha value is -0.530. The van der Waals surface area contributed by atoms with Gasteiger partial charge in [0, 0.05) is 6.61 Å².